The average molecular weight is 718 g/mol. The van der Waals surface area contributed by atoms with E-state index in [1.54, 1.807) is 60.7 Å². The van der Waals surface area contributed by atoms with E-state index in [2.05, 4.69) is 21.2 Å². The Labute approximate surface area is 277 Å². The minimum absolute atomic E-state index is 0.0320. The summed E-state index contributed by atoms with van der Waals surface area (Å²) < 4.78 is 29.8. The summed E-state index contributed by atoms with van der Waals surface area (Å²) in [7, 11) is -4.17. The van der Waals surface area contributed by atoms with Gasteiger partial charge in [-0.25, -0.2) is 8.42 Å². The van der Waals surface area contributed by atoms with E-state index in [9.17, 15) is 18.0 Å². The van der Waals surface area contributed by atoms with Crippen molar-refractivity contribution in [2.45, 2.75) is 37.2 Å². The minimum Gasteiger partial charge on any atom is -0.354 e. The molecule has 0 aliphatic heterocycles. The van der Waals surface area contributed by atoms with Gasteiger partial charge in [-0.05, 0) is 66.1 Å². The van der Waals surface area contributed by atoms with Crippen molar-refractivity contribution in [3.8, 4) is 0 Å². The fraction of sp³-hybridized carbons (Fsp3) is 0.212. The first-order valence-corrected chi connectivity index (χ1v) is 17.0. The van der Waals surface area contributed by atoms with Crippen molar-refractivity contribution in [3.05, 3.63) is 129 Å². The summed E-state index contributed by atoms with van der Waals surface area (Å²) in [6.07, 6.45) is 0.907. The molecule has 4 rings (SSSR count). The maximum Gasteiger partial charge on any atom is 0.264 e. The van der Waals surface area contributed by atoms with Gasteiger partial charge < -0.3 is 10.2 Å². The Morgan fingerprint density at radius 1 is 0.886 bits per heavy atom. The molecule has 0 radical (unpaired) electrons. The number of benzene rings is 4. The summed E-state index contributed by atoms with van der Waals surface area (Å²) in [4.78, 5) is 29.6. The molecule has 1 N–H and O–H groups in total. The normalized spacial score (nSPS) is 11.9. The molecule has 7 nitrogen and oxygen atoms in total. The summed E-state index contributed by atoms with van der Waals surface area (Å²) in [5.74, 6) is -0.929. The highest BCUT2D eigenvalue weighted by molar-refractivity contribution is 9.10. The molecule has 0 aromatic heterocycles. The maximum absolute atomic E-state index is 14.4. The molecule has 2 amide bonds. The van der Waals surface area contributed by atoms with Crippen molar-refractivity contribution in [1.29, 1.82) is 0 Å². The predicted octanol–water partition coefficient (Wildman–Crippen LogP) is 7.12. The molecule has 0 aliphatic rings. The van der Waals surface area contributed by atoms with E-state index in [1.807, 2.05) is 37.3 Å². The molecule has 0 spiro atoms. The van der Waals surface area contributed by atoms with E-state index in [4.69, 9.17) is 23.2 Å². The van der Waals surface area contributed by atoms with Gasteiger partial charge in [-0.15, -0.1) is 0 Å². The van der Waals surface area contributed by atoms with Gasteiger partial charge >= 0.3 is 0 Å². The van der Waals surface area contributed by atoms with Gasteiger partial charge in [0, 0.05) is 34.0 Å². The van der Waals surface area contributed by atoms with Gasteiger partial charge in [-0.1, -0.05) is 101 Å². The third-order valence-corrected chi connectivity index (χ3v) is 9.80. The third kappa shape index (κ3) is 8.63. The first-order chi connectivity index (χ1) is 21.1. The second-order valence-electron chi connectivity index (χ2n) is 10.1. The minimum atomic E-state index is -4.17. The summed E-state index contributed by atoms with van der Waals surface area (Å²) in [5.41, 5.74) is 1.70. The number of nitrogens with one attached hydrogen (secondary N) is 1. The molecule has 11 heteroatoms. The lowest BCUT2D eigenvalue weighted by Crippen LogP contribution is -2.53. The zero-order valence-electron chi connectivity index (χ0n) is 24.0. The number of rotatable bonds is 13. The van der Waals surface area contributed by atoms with E-state index >= 15 is 0 Å². The van der Waals surface area contributed by atoms with Crippen LogP contribution < -0.4 is 9.62 Å². The summed E-state index contributed by atoms with van der Waals surface area (Å²) in [6, 6.07) is 27.9. The van der Waals surface area contributed by atoms with Gasteiger partial charge in [0.05, 0.1) is 10.6 Å². The molecule has 0 heterocycles. The number of anilines is 1. The lowest BCUT2D eigenvalue weighted by molar-refractivity contribution is -0.140. The van der Waals surface area contributed by atoms with Crippen molar-refractivity contribution in [2.75, 3.05) is 17.4 Å². The van der Waals surface area contributed by atoms with Gasteiger partial charge in [0.1, 0.15) is 12.6 Å². The van der Waals surface area contributed by atoms with E-state index in [0.29, 0.717) is 34.3 Å². The molecule has 0 aliphatic carbocycles. The lowest BCUT2D eigenvalue weighted by atomic mass is 10.0. The molecule has 4 aromatic rings. The van der Waals surface area contributed by atoms with Gasteiger partial charge in [0.15, 0.2) is 0 Å². The zero-order valence-corrected chi connectivity index (χ0v) is 27.9. The molecule has 0 bridgehead atoms. The Hall–Kier alpha value is -3.37. The molecular weight excluding hydrogens is 685 g/mol. The SMILES string of the molecule is CCCNC(=O)C(Cc1ccccc1)N(Cc1ccc(Cl)cc1Cl)C(=O)CN(c1ccc(Br)cc1)S(=O)(=O)c1ccccc1. The predicted molar refractivity (Wildman–Crippen MR) is 179 cm³/mol. The van der Waals surface area contributed by atoms with E-state index in [-0.39, 0.29) is 23.8 Å². The summed E-state index contributed by atoms with van der Waals surface area (Å²) in [6.45, 7) is 1.75. The Kier molecular flexibility index (Phi) is 11.9. The number of amides is 2. The first kappa shape index (κ1) is 33.5. The van der Waals surface area contributed by atoms with E-state index in [0.717, 1.165) is 14.3 Å². The Bertz CT molecular complexity index is 1670. The smallest absolute Gasteiger partial charge is 0.264 e. The molecule has 0 saturated heterocycles. The van der Waals surface area contributed by atoms with Gasteiger partial charge in [0.2, 0.25) is 11.8 Å². The molecule has 4 aromatic carbocycles. The van der Waals surface area contributed by atoms with Crippen molar-refractivity contribution >= 4 is 66.7 Å². The summed E-state index contributed by atoms with van der Waals surface area (Å²) in [5, 5.41) is 3.67. The Morgan fingerprint density at radius 2 is 1.52 bits per heavy atom. The monoisotopic (exact) mass is 715 g/mol. The second-order valence-corrected chi connectivity index (χ2v) is 13.7. The molecule has 44 heavy (non-hydrogen) atoms. The average Bonchev–Trinajstić information content (AvgIpc) is 3.02. The van der Waals surface area contributed by atoms with Crippen LogP contribution in [0.2, 0.25) is 10.0 Å². The van der Waals surface area contributed by atoms with Crippen molar-refractivity contribution < 1.29 is 18.0 Å². The van der Waals surface area contributed by atoms with Crippen molar-refractivity contribution in [3.63, 3.8) is 0 Å². The van der Waals surface area contributed by atoms with Crippen LogP contribution in [0.5, 0.6) is 0 Å². The van der Waals surface area contributed by atoms with Crippen LogP contribution in [0.25, 0.3) is 0 Å². The lowest BCUT2D eigenvalue weighted by Gasteiger charge is -2.34. The number of hydrogen-bond donors (Lipinski definition) is 1. The van der Waals surface area contributed by atoms with Crippen LogP contribution in [0, 0.1) is 0 Å². The molecule has 230 valence electrons. The van der Waals surface area contributed by atoms with Gasteiger partial charge in [-0.2, -0.15) is 0 Å². The van der Waals surface area contributed by atoms with E-state index in [1.165, 1.54) is 17.0 Å². The fourth-order valence-electron chi connectivity index (χ4n) is 4.61. The molecule has 0 saturated carbocycles. The first-order valence-electron chi connectivity index (χ1n) is 14.0. The highest BCUT2D eigenvalue weighted by Gasteiger charge is 2.34. The summed E-state index contributed by atoms with van der Waals surface area (Å²) >= 11 is 16.1. The molecule has 1 atom stereocenters. The van der Waals surface area contributed by atoms with Crippen LogP contribution in [0.15, 0.2) is 112 Å². The van der Waals surface area contributed by atoms with Gasteiger partial charge in [-0.3, -0.25) is 13.9 Å². The molecule has 1 unspecified atom stereocenters. The number of halogens is 3. The van der Waals surface area contributed by atoms with Crippen molar-refractivity contribution in [2.24, 2.45) is 0 Å². The van der Waals surface area contributed by atoms with Crippen molar-refractivity contribution in [1.82, 2.24) is 10.2 Å². The topological polar surface area (TPSA) is 86.8 Å². The van der Waals surface area contributed by atoms with Crippen LogP contribution in [0.1, 0.15) is 24.5 Å². The Balaban J connectivity index is 1.80. The number of nitrogens with zero attached hydrogens (tertiary/aromatic N) is 2. The molecular formula is C33H32BrCl2N3O4S. The fourth-order valence-corrected chi connectivity index (χ4v) is 6.78. The largest absolute Gasteiger partial charge is 0.354 e. The van der Waals surface area contributed by atoms with Crippen LogP contribution in [-0.2, 0) is 32.6 Å². The Morgan fingerprint density at radius 3 is 2.14 bits per heavy atom. The maximum atomic E-state index is 14.4. The zero-order chi connectivity index (χ0) is 31.7. The standard InChI is InChI=1S/C33H32BrCl2N3O4S/c1-2-19-37-33(41)31(20-24-9-5-3-6-10-24)38(22-25-13-16-27(35)21-30(25)36)32(40)23-39(28-17-14-26(34)15-18-28)44(42,43)29-11-7-4-8-12-29/h3-18,21,31H,2,19-20,22-23H2,1H3,(H,37,41). The molecule has 0 fully saturated rings. The van der Waals surface area contributed by atoms with E-state index < -0.39 is 28.5 Å². The number of sulfonamides is 1. The second kappa shape index (κ2) is 15.6. The quantitative estimate of drug-likeness (QED) is 0.160. The number of carbonyl (C=O) groups excluding carboxylic acids is 2. The van der Waals surface area contributed by atoms with Crippen LogP contribution in [0.3, 0.4) is 0 Å². The van der Waals surface area contributed by atoms with Crippen LogP contribution in [-0.4, -0.2) is 44.3 Å². The third-order valence-electron chi connectivity index (χ3n) is 6.90. The number of hydrogen-bond acceptors (Lipinski definition) is 4. The number of carbonyl (C=O) groups is 2. The van der Waals surface area contributed by atoms with Crippen LogP contribution in [0.4, 0.5) is 5.69 Å². The highest BCUT2D eigenvalue weighted by Crippen LogP contribution is 2.28. The highest BCUT2D eigenvalue weighted by atomic mass is 79.9. The van der Waals surface area contributed by atoms with Crippen LogP contribution >= 0.6 is 39.1 Å². The van der Waals surface area contributed by atoms with Gasteiger partial charge in [0.25, 0.3) is 10.0 Å².